The van der Waals surface area contributed by atoms with Crippen LogP contribution in [0.25, 0.3) is 0 Å². The molecule has 0 radical (unpaired) electrons. The second-order valence-electron chi connectivity index (χ2n) is 5.74. The molecule has 25 heavy (non-hydrogen) atoms. The van der Waals surface area contributed by atoms with E-state index in [0.717, 1.165) is 5.56 Å². The summed E-state index contributed by atoms with van der Waals surface area (Å²) in [5.41, 5.74) is 0.948. The van der Waals surface area contributed by atoms with Gasteiger partial charge in [0, 0.05) is 13.1 Å². The minimum Gasteiger partial charge on any atom is -0.438 e. The minimum atomic E-state index is -3.75. The molecule has 1 amide bonds. The topological polar surface area (TPSA) is 88.9 Å². The number of carbonyl (C=O) groups excluding carboxylic acids is 1. The Morgan fingerprint density at radius 2 is 1.80 bits per heavy atom. The zero-order valence-electron chi connectivity index (χ0n) is 13.8. The van der Waals surface area contributed by atoms with Crippen molar-refractivity contribution in [2.45, 2.75) is 18.1 Å². The largest absolute Gasteiger partial charge is 0.438 e. The standard InChI is InChI=1S/C17H20N2O5S/c1-13(14-5-3-2-4-6-14)18-17(20)15-7-8-16(24-15)25(21,22)19-9-11-23-12-10-19/h2-8,13H,9-12H2,1H3,(H,18,20)/t13-/m1/s1. The molecule has 1 aromatic heterocycles. The Labute approximate surface area is 146 Å². The third kappa shape index (κ3) is 3.92. The van der Waals surface area contributed by atoms with Gasteiger partial charge in [-0.3, -0.25) is 4.79 Å². The lowest BCUT2D eigenvalue weighted by Gasteiger charge is -2.24. The SMILES string of the molecule is C[C@@H](NC(=O)c1ccc(S(=O)(=O)N2CCOCC2)o1)c1ccccc1. The number of hydrogen-bond donors (Lipinski definition) is 1. The predicted molar refractivity (Wildman–Crippen MR) is 90.6 cm³/mol. The number of rotatable bonds is 5. The Bertz CT molecular complexity index is 826. The maximum absolute atomic E-state index is 12.5. The molecule has 2 aromatic rings. The summed E-state index contributed by atoms with van der Waals surface area (Å²) in [6.45, 7) is 3.09. The highest BCUT2D eigenvalue weighted by Crippen LogP contribution is 2.20. The first kappa shape index (κ1) is 17.7. The summed E-state index contributed by atoms with van der Waals surface area (Å²) in [5, 5.41) is 2.57. The number of furan rings is 1. The lowest BCUT2D eigenvalue weighted by molar-refractivity contribution is 0.0722. The second kappa shape index (κ2) is 7.38. The average molecular weight is 364 g/mol. The number of sulfonamides is 1. The molecule has 0 bridgehead atoms. The van der Waals surface area contributed by atoms with Crippen LogP contribution < -0.4 is 5.32 Å². The van der Waals surface area contributed by atoms with E-state index < -0.39 is 15.9 Å². The van der Waals surface area contributed by atoms with Gasteiger partial charge in [0.1, 0.15) is 0 Å². The van der Waals surface area contributed by atoms with Gasteiger partial charge in [-0.05, 0) is 24.6 Å². The van der Waals surface area contributed by atoms with Gasteiger partial charge in [0.2, 0.25) is 5.09 Å². The van der Waals surface area contributed by atoms with Crippen molar-refractivity contribution in [3.63, 3.8) is 0 Å². The molecule has 2 heterocycles. The molecule has 1 fully saturated rings. The van der Waals surface area contributed by atoms with E-state index >= 15 is 0 Å². The maximum Gasteiger partial charge on any atom is 0.287 e. The molecule has 1 atom stereocenters. The highest BCUT2D eigenvalue weighted by atomic mass is 32.2. The molecule has 1 N–H and O–H groups in total. The molecule has 0 spiro atoms. The highest BCUT2D eigenvalue weighted by molar-refractivity contribution is 7.89. The molecule has 0 aliphatic carbocycles. The van der Waals surface area contributed by atoms with Gasteiger partial charge in [-0.15, -0.1) is 0 Å². The third-order valence-electron chi connectivity index (χ3n) is 4.02. The lowest BCUT2D eigenvalue weighted by Crippen LogP contribution is -2.40. The molecular formula is C17H20N2O5S. The fourth-order valence-electron chi connectivity index (χ4n) is 2.59. The Balaban J connectivity index is 1.71. The second-order valence-corrected chi connectivity index (χ2v) is 7.61. The molecule has 134 valence electrons. The molecule has 7 nitrogen and oxygen atoms in total. The van der Waals surface area contributed by atoms with Crippen molar-refractivity contribution in [3.05, 3.63) is 53.8 Å². The van der Waals surface area contributed by atoms with Crippen LogP contribution in [0.3, 0.4) is 0 Å². The van der Waals surface area contributed by atoms with Crippen LogP contribution in [0.15, 0.2) is 52.0 Å². The summed E-state index contributed by atoms with van der Waals surface area (Å²) in [5.74, 6) is -0.491. The van der Waals surface area contributed by atoms with Gasteiger partial charge in [-0.25, -0.2) is 8.42 Å². The molecule has 8 heteroatoms. The molecule has 1 aliphatic heterocycles. The van der Waals surface area contributed by atoms with Gasteiger partial charge in [0.25, 0.3) is 15.9 Å². The van der Waals surface area contributed by atoms with Gasteiger partial charge >= 0.3 is 0 Å². The summed E-state index contributed by atoms with van der Waals surface area (Å²) in [4.78, 5) is 12.3. The van der Waals surface area contributed by atoms with E-state index in [1.807, 2.05) is 37.3 Å². The van der Waals surface area contributed by atoms with Crippen LogP contribution in [0.5, 0.6) is 0 Å². The fourth-order valence-corrected chi connectivity index (χ4v) is 3.91. The number of ether oxygens (including phenoxy) is 1. The van der Waals surface area contributed by atoms with Crippen molar-refractivity contribution in [3.8, 4) is 0 Å². The van der Waals surface area contributed by atoms with Crippen LogP contribution in [-0.2, 0) is 14.8 Å². The van der Waals surface area contributed by atoms with Crippen LogP contribution in [-0.4, -0.2) is 44.9 Å². The van der Waals surface area contributed by atoms with E-state index in [0.29, 0.717) is 13.2 Å². The van der Waals surface area contributed by atoms with Crippen molar-refractivity contribution < 1.29 is 22.4 Å². The smallest absolute Gasteiger partial charge is 0.287 e. The number of hydrogen-bond acceptors (Lipinski definition) is 5. The summed E-state index contributed by atoms with van der Waals surface area (Å²) < 4.78 is 36.8. The first-order valence-corrected chi connectivity index (χ1v) is 9.46. The molecule has 1 aromatic carbocycles. The van der Waals surface area contributed by atoms with Crippen LogP contribution >= 0.6 is 0 Å². The van der Waals surface area contributed by atoms with Crippen molar-refractivity contribution in [1.82, 2.24) is 9.62 Å². The Morgan fingerprint density at radius 3 is 2.48 bits per heavy atom. The van der Waals surface area contributed by atoms with Crippen LogP contribution in [0.1, 0.15) is 29.1 Å². The van der Waals surface area contributed by atoms with E-state index in [2.05, 4.69) is 5.32 Å². The zero-order chi connectivity index (χ0) is 17.9. The van der Waals surface area contributed by atoms with Gasteiger partial charge in [0.05, 0.1) is 19.3 Å². The quantitative estimate of drug-likeness (QED) is 0.874. The third-order valence-corrected chi connectivity index (χ3v) is 5.79. The van der Waals surface area contributed by atoms with Crippen molar-refractivity contribution in [2.75, 3.05) is 26.3 Å². The van der Waals surface area contributed by atoms with Crippen molar-refractivity contribution in [2.24, 2.45) is 0 Å². The maximum atomic E-state index is 12.5. The van der Waals surface area contributed by atoms with E-state index in [1.54, 1.807) is 0 Å². The Kier molecular flexibility index (Phi) is 5.22. The average Bonchev–Trinajstić information content (AvgIpc) is 3.14. The van der Waals surface area contributed by atoms with E-state index in [9.17, 15) is 13.2 Å². The number of nitrogens with zero attached hydrogens (tertiary/aromatic N) is 1. The van der Waals surface area contributed by atoms with Crippen LogP contribution in [0, 0.1) is 0 Å². The summed E-state index contributed by atoms with van der Waals surface area (Å²) in [7, 11) is -3.75. The number of benzene rings is 1. The molecule has 1 aliphatic rings. The fraction of sp³-hybridized carbons (Fsp3) is 0.353. The van der Waals surface area contributed by atoms with E-state index in [1.165, 1.54) is 16.4 Å². The number of nitrogens with one attached hydrogen (secondary N) is 1. The van der Waals surface area contributed by atoms with Crippen LogP contribution in [0.2, 0.25) is 0 Å². The van der Waals surface area contributed by atoms with E-state index in [4.69, 9.17) is 9.15 Å². The molecule has 1 saturated heterocycles. The predicted octanol–water partition coefficient (Wildman–Crippen LogP) is 1.79. The van der Waals surface area contributed by atoms with Gasteiger partial charge < -0.3 is 14.5 Å². The summed E-state index contributed by atoms with van der Waals surface area (Å²) in [6.07, 6.45) is 0. The van der Waals surface area contributed by atoms with Gasteiger partial charge in [-0.1, -0.05) is 30.3 Å². The number of carbonyl (C=O) groups is 1. The van der Waals surface area contributed by atoms with Gasteiger partial charge in [0.15, 0.2) is 5.76 Å². The highest BCUT2D eigenvalue weighted by Gasteiger charge is 2.30. The van der Waals surface area contributed by atoms with Crippen LogP contribution in [0.4, 0.5) is 0 Å². The Morgan fingerprint density at radius 1 is 1.12 bits per heavy atom. The number of morpholine rings is 1. The summed E-state index contributed by atoms with van der Waals surface area (Å²) in [6, 6.07) is 11.9. The van der Waals surface area contributed by atoms with Crippen molar-refractivity contribution >= 4 is 15.9 Å². The monoisotopic (exact) mass is 364 g/mol. The van der Waals surface area contributed by atoms with Crippen molar-refractivity contribution in [1.29, 1.82) is 0 Å². The first-order chi connectivity index (χ1) is 12.0. The van der Waals surface area contributed by atoms with Gasteiger partial charge in [-0.2, -0.15) is 4.31 Å². The minimum absolute atomic E-state index is 0.0328. The lowest BCUT2D eigenvalue weighted by atomic mass is 10.1. The number of amides is 1. The van der Waals surface area contributed by atoms with E-state index in [-0.39, 0.29) is 30.0 Å². The molecule has 3 rings (SSSR count). The Hall–Kier alpha value is -2.16. The normalized spacial score (nSPS) is 17.2. The first-order valence-electron chi connectivity index (χ1n) is 8.02. The summed E-state index contributed by atoms with van der Waals surface area (Å²) >= 11 is 0. The zero-order valence-corrected chi connectivity index (χ0v) is 14.7. The molecular weight excluding hydrogens is 344 g/mol. The molecule has 0 saturated carbocycles. The molecule has 0 unspecified atom stereocenters.